The second kappa shape index (κ2) is 8.45. The van der Waals surface area contributed by atoms with Gasteiger partial charge < -0.3 is 14.4 Å². The van der Waals surface area contributed by atoms with Gasteiger partial charge >= 0.3 is 0 Å². The summed E-state index contributed by atoms with van der Waals surface area (Å²) < 4.78 is 12.3. The van der Waals surface area contributed by atoms with Crippen molar-refractivity contribution >= 4 is 21.8 Å². The lowest BCUT2D eigenvalue weighted by Gasteiger charge is -2.24. The van der Waals surface area contributed by atoms with Gasteiger partial charge in [0.1, 0.15) is 5.75 Å². The average Bonchev–Trinajstić information content (AvgIpc) is 3.15. The fraction of sp³-hybridized carbons (Fsp3) is 0.368. The highest BCUT2D eigenvalue weighted by molar-refractivity contribution is 9.10. The molecule has 1 amide bonds. The van der Waals surface area contributed by atoms with Crippen LogP contribution in [0.15, 0.2) is 47.1 Å². The van der Waals surface area contributed by atoms with Crippen molar-refractivity contribution in [3.05, 3.63) is 52.6 Å². The summed E-state index contributed by atoms with van der Waals surface area (Å²) in [4.78, 5) is 18.7. The summed E-state index contributed by atoms with van der Waals surface area (Å²) in [5.41, 5.74) is 0.558. The van der Waals surface area contributed by atoms with Crippen molar-refractivity contribution in [1.82, 2.24) is 9.88 Å². The first kappa shape index (κ1) is 17.9. The van der Waals surface area contributed by atoms with Crippen molar-refractivity contribution in [2.75, 3.05) is 19.7 Å². The largest absolute Gasteiger partial charge is 0.439 e. The van der Waals surface area contributed by atoms with Crippen molar-refractivity contribution in [3.8, 4) is 11.6 Å². The minimum atomic E-state index is -0.0271. The van der Waals surface area contributed by atoms with E-state index >= 15 is 0 Å². The molecule has 5 nitrogen and oxygen atoms in total. The van der Waals surface area contributed by atoms with Crippen LogP contribution in [0.3, 0.4) is 0 Å². The number of rotatable bonds is 6. The zero-order valence-electron chi connectivity index (χ0n) is 14.2. The Kier molecular flexibility index (Phi) is 6.04. The van der Waals surface area contributed by atoms with Gasteiger partial charge in [0, 0.05) is 36.4 Å². The molecule has 0 radical (unpaired) electrons. The normalized spacial score (nSPS) is 16.6. The maximum atomic E-state index is 12.7. The van der Waals surface area contributed by atoms with Crippen LogP contribution in [0.25, 0.3) is 0 Å². The number of hydrogen-bond acceptors (Lipinski definition) is 4. The molecule has 0 saturated carbocycles. The summed E-state index contributed by atoms with van der Waals surface area (Å²) in [7, 11) is 0. The highest BCUT2D eigenvalue weighted by Gasteiger charge is 2.22. The molecule has 0 spiro atoms. The number of halogens is 1. The second-order valence-electron chi connectivity index (χ2n) is 5.92. The third kappa shape index (κ3) is 4.80. The molecule has 3 rings (SSSR count). The predicted octanol–water partition coefficient (Wildman–Crippen LogP) is 4.28. The van der Waals surface area contributed by atoms with Crippen LogP contribution in [-0.4, -0.2) is 41.6 Å². The van der Waals surface area contributed by atoms with Gasteiger partial charge in [0.2, 0.25) is 5.88 Å². The zero-order valence-corrected chi connectivity index (χ0v) is 15.7. The molecule has 2 aromatic rings. The molecule has 0 aliphatic carbocycles. The van der Waals surface area contributed by atoms with Crippen LogP contribution in [0.5, 0.6) is 11.6 Å². The standard InChI is InChI=1S/C19H21BrN2O3/c1-2-22(13-17-4-3-11-24-17)19(23)14-5-10-18(21-12-14)25-16-8-6-15(20)7-9-16/h5-10,12,17H,2-4,11,13H2,1H3/t17-/m0/s1. The molecular formula is C19H21BrN2O3. The third-order valence-electron chi connectivity index (χ3n) is 4.14. The average molecular weight is 405 g/mol. The number of nitrogens with zero attached hydrogens (tertiary/aromatic N) is 2. The predicted molar refractivity (Wildman–Crippen MR) is 99.0 cm³/mol. The molecule has 1 aromatic carbocycles. The van der Waals surface area contributed by atoms with Crippen LogP contribution >= 0.6 is 15.9 Å². The summed E-state index contributed by atoms with van der Waals surface area (Å²) in [6.45, 7) is 4.05. The number of hydrogen-bond donors (Lipinski definition) is 0. The van der Waals surface area contributed by atoms with Gasteiger partial charge in [-0.25, -0.2) is 4.98 Å². The molecule has 0 N–H and O–H groups in total. The molecule has 1 aliphatic heterocycles. The van der Waals surface area contributed by atoms with Crippen LogP contribution in [0.1, 0.15) is 30.1 Å². The lowest BCUT2D eigenvalue weighted by atomic mass is 10.2. The van der Waals surface area contributed by atoms with Crippen LogP contribution in [-0.2, 0) is 4.74 Å². The summed E-state index contributed by atoms with van der Waals surface area (Å²) in [5, 5.41) is 0. The van der Waals surface area contributed by atoms with Gasteiger partial charge in [-0.1, -0.05) is 15.9 Å². The summed E-state index contributed by atoms with van der Waals surface area (Å²) in [5.74, 6) is 1.13. The Balaban J connectivity index is 1.63. The van der Waals surface area contributed by atoms with Crippen LogP contribution in [0, 0.1) is 0 Å². The van der Waals surface area contributed by atoms with E-state index in [1.807, 2.05) is 36.1 Å². The fourth-order valence-corrected chi connectivity index (χ4v) is 3.03. The Morgan fingerprint density at radius 2 is 2.12 bits per heavy atom. The van der Waals surface area contributed by atoms with E-state index in [-0.39, 0.29) is 12.0 Å². The Bertz CT molecular complexity index is 698. The maximum Gasteiger partial charge on any atom is 0.255 e. The Hall–Kier alpha value is -1.92. The first-order chi connectivity index (χ1) is 12.2. The molecule has 1 saturated heterocycles. The Morgan fingerprint density at radius 3 is 2.72 bits per heavy atom. The summed E-state index contributed by atoms with van der Waals surface area (Å²) >= 11 is 3.39. The molecule has 1 aromatic heterocycles. The van der Waals surface area contributed by atoms with E-state index < -0.39 is 0 Å². The number of likely N-dealkylation sites (N-methyl/N-ethyl adjacent to an activating group) is 1. The molecule has 132 valence electrons. The van der Waals surface area contributed by atoms with E-state index in [2.05, 4.69) is 20.9 Å². The third-order valence-corrected chi connectivity index (χ3v) is 4.66. The number of pyridine rings is 1. The lowest BCUT2D eigenvalue weighted by molar-refractivity contribution is 0.0539. The van der Waals surface area contributed by atoms with Crippen LogP contribution < -0.4 is 4.74 Å². The van der Waals surface area contributed by atoms with Gasteiger partial charge in [-0.05, 0) is 50.1 Å². The molecule has 2 heterocycles. The molecule has 25 heavy (non-hydrogen) atoms. The van der Waals surface area contributed by atoms with Crippen molar-refractivity contribution in [2.45, 2.75) is 25.9 Å². The van der Waals surface area contributed by atoms with Gasteiger partial charge in [-0.3, -0.25) is 4.79 Å². The second-order valence-corrected chi connectivity index (χ2v) is 6.84. The van der Waals surface area contributed by atoms with Crippen molar-refractivity contribution in [3.63, 3.8) is 0 Å². The van der Waals surface area contributed by atoms with Gasteiger partial charge in [0.05, 0.1) is 11.7 Å². The Morgan fingerprint density at radius 1 is 1.32 bits per heavy atom. The van der Waals surface area contributed by atoms with Crippen molar-refractivity contribution in [2.24, 2.45) is 0 Å². The van der Waals surface area contributed by atoms with Gasteiger partial charge in [-0.2, -0.15) is 0 Å². The van der Waals surface area contributed by atoms with E-state index in [0.29, 0.717) is 30.3 Å². The van der Waals surface area contributed by atoms with E-state index in [4.69, 9.17) is 9.47 Å². The number of ether oxygens (including phenoxy) is 2. The first-order valence-corrected chi connectivity index (χ1v) is 9.25. The number of aromatic nitrogens is 1. The fourth-order valence-electron chi connectivity index (χ4n) is 2.76. The number of carbonyl (C=O) groups excluding carboxylic acids is 1. The molecule has 1 fully saturated rings. The number of benzene rings is 1. The minimum Gasteiger partial charge on any atom is -0.439 e. The SMILES string of the molecule is CCN(C[C@@H]1CCCO1)C(=O)c1ccc(Oc2ccc(Br)cc2)nc1. The molecule has 1 atom stereocenters. The van der Waals surface area contributed by atoms with E-state index in [1.54, 1.807) is 18.3 Å². The van der Waals surface area contributed by atoms with E-state index in [1.165, 1.54) is 0 Å². The van der Waals surface area contributed by atoms with E-state index in [9.17, 15) is 4.79 Å². The van der Waals surface area contributed by atoms with Crippen molar-refractivity contribution in [1.29, 1.82) is 0 Å². The molecule has 0 unspecified atom stereocenters. The molecular weight excluding hydrogens is 384 g/mol. The highest BCUT2D eigenvalue weighted by atomic mass is 79.9. The van der Waals surface area contributed by atoms with Crippen LogP contribution in [0.4, 0.5) is 0 Å². The summed E-state index contributed by atoms with van der Waals surface area (Å²) in [6, 6.07) is 11.0. The topological polar surface area (TPSA) is 51.7 Å². The smallest absolute Gasteiger partial charge is 0.255 e. The zero-order chi connectivity index (χ0) is 17.6. The van der Waals surface area contributed by atoms with Crippen LogP contribution in [0.2, 0.25) is 0 Å². The maximum absolute atomic E-state index is 12.7. The molecule has 6 heteroatoms. The van der Waals surface area contributed by atoms with Gasteiger partial charge in [-0.15, -0.1) is 0 Å². The highest BCUT2D eigenvalue weighted by Crippen LogP contribution is 2.22. The molecule has 1 aliphatic rings. The first-order valence-electron chi connectivity index (χ1n) is 8.46. The van der Waals surface area contributed by atoms with E-state index in [0.717, 1.165) is 23.9 Å². The number of amides is 1. The quantitative estimate of drug-likeness (QED) is 0.720. The van der Waals surface area contributed by atoms with Gasteiger partial charge in [0.25, 0.3) is 5.91 Å². The lowest BCUT2D eigenvalue weighted by Crippen LogP contribution is -2.37. The van der Waals surface area contributed by atoms with Gasteiger partial charge in [0.15, 0.2) is 0 Å². The monoisotopic (exact) mass is 404 g/mol. The number of carbonyl (C=O) groups is 1. The summed E-state index contributed by atoms with van der Waals surface area (Å²) in [6.07, 6.45) is 3.80. The van der Waals surface area contributed by atoms with Crippen molar-refractivity contribution < 1.29 is 14.3 Å². The minimum absolute atomic E-state index is 0.0271. The Labute approximate surface area is 156 Å². The molecule has 0 bridgehead atoms.